The molecule has 1 aromatic rings. The fourth-order valence-electron chi connectivity index (χ4n) is 14.2. The molecule has 102 heavy (non-hydrogen) atoms. The van der Waals surface area contributed by atoms with Gasteiger partial charge in [0.05, 0.1) is 97.8 Å². The lowest BCUT2D eigenvalue weighted by Gasteiger charge is -2.56. The van der Waals surface area contributed by atoms with Crippen LogP contribution in [-0.4, -0.2) is 181 Å². The molecule has 0 saturated carbocycles. The molecule has 16 nitrogen and oxygen atoms in total. The molecule has 1 aromatic carbocycles. The number of thiol groups is 1. The third-order valence-electron chi connectivity index (χ3n) is 25.8. The van der Waals surface area contributed by atoms with Gasteiger partial charge in [-0.1, -0.05) is 153 Å². The fraction of sp³-hybridized carbons (Fsp3) is 0.835. The molecule has 0 amide bonds. The van der Waals surface area contributed by atoms with E-state index < -0.39 is 125 Å². The second-order valence-electron chi connectivity index (χ2n) is 38.3. The second-order valence-corrected chi connectivity index (χ2v) is 63.9. The number of ketones is 1. The maximum absolute atomic E-state index is 16.9. The summed E-state index contributed by atoms with van der Waals surface area (Å²) in [4.78, 5) is 17.0. The first-order valence-corrected chi connectivity index (χ1v) is 55.6. The average Bonchev–Trinajstić information content (AvgIpc) is 0.845. The van der Waals surface area contributed by atoms with E-state index >= 15 is 4.79 Å². The van der Waals surface area contributed by atoms with Gasteiger partial charge in [0.1, 0.15) is 30.2 Å². The van der Waals surface area contributed by atoms with Crippen LogP contribution in [0.25, 0.3) is 0 Å². The summed E-state index contributed by atoms with van der Waals surface area (Å²) in [5.74, 6) is -1.47. The fourth-order valence-corrected chi connectivity index (χ4v) is 21.3. The van der Waals surface area contributed by atoms with Crippen LogP contribution in [0.4, 0.5) is 0 Å². The minimum atomic E-state index is -3.02. The molecule has 0 aliphatic carbocycles. The Kier molecular flexibility index (Phi) is 30.3. The van der Waals surface area contributed by atoms with Gasteiger partial charge in [0.2, 0.25) is 0 Å². The molecule has 17 atom stereocenters. The summed E-state index contributed by atoms with van der Waals surface area (Å²) < 4.78 is 122. The summed E-state index contributed by atoms with van der Waals surface area (Å²) in [6.07, 6.45) is 3.69. The molecular formula is C79H141IO16SSi5. The first kappa shape index (κ1) is 88.6. The molecule has 586 valence electrons. The quantitative estimate of drug-likeness (QED) is 0.0322. The highest BCUT2D eigenvalue weighted by Crippen LogP contribution is 2.51. The van der Waals surface area contributed by atoms with Crippen LogP contribution in [0, 0.1) is 5.92 Å². The molecule has 0 radical (unpaired) electrons. The van der Waals surface area contributed by atoms with E-state index in [4.69, 9.17) is 60.0 Å². The molecular weight excluding hydrogens is 1500 g/mol. The molecule has 0 bridgehead atoms. The molecule has 7 rings (SSSR count). The van der Waals surface area contributed by atoms with E-state index in [2.05, 4.69) is 218 Å². The Hall–Kier alpha value is -0.646. The third kappa shape index (κ3) is 21.9. The molecule has 6 heterocycles. The van der Waals surface area contributed by atoms with Gasteiger partial charge in [-0.15, -0.1) is 0 Å². The summed E-state index contributed by atoms with van der Waals surface area (Å²) in [5.41, 5.74) is 3.65. The zero-order chi connectivity index (χ0) is 76.5. The number of hydrogen-bond acceptors (Lipinski definition) is 16. The van der Waals surface area contributed by atoms with Gasteiger partial charge in [0, 0.05) is 38.7 Å². The first-order chi connectivity index (χ1) is 46.9. The van der Waals surface area contributed by atoms with Crippen LogP contribution in [0.3, 0.4) is 0 Å². The molecule has 0 spiro atoms. The molecule has 6 aliphatic rings. The van der Waals surface area contributed by atoms with Gasteiger partial charge in [-0.05, 0) is 193 Å². The van der Waals surface area contributed by atoms with Gasteiger partial charge in [0.25, 0.3) is 0 Å². The van der Waals surface area contributed by atoms with Crippen molar-refractivity contribution in [3.63, 3.8) is 0 Å². The minimum absolute atomic E-state index is 0.0368. The standard InChI is InChI=1S/C79H141IO16SSi5/c1-30-53-32-36-57(97(82)83)47-58(53)69(62-38-39-63-71(91-62)73(95-101(26,27)78(13,14)15)74(96-102(28,29)79(16,17)18)72(92-63)64(41-42-80)94-100(24,25)77(10,11)12)60(81)48-59-66(90-67(70(59)84-19)46-56(93-99(22,23)76(7,8)9)50-87-98(20,21)75(4,5)6)49-65-51(2)31-33-54(88-65)34-37-61-52(3)45-55(89-61)35-40-68-85-43-44-86-68/h32,36,41-42,47,54-56,59,61-74,97H,2-3,30-31,33-35,37-40,43-46,48-50H2,1,4-29H3/b42-41+/t54-,55+,56+,59+,61+,62-,63+,64?,65-,66+,67-,69?,70+,71?,72-,73?,74?/m1/s1. The number of fused-ring (bicyclic) bond motifs is 1. The highest BCUT2D eigenvalue weighted by molar-refractivity contribution is 14.1. The van der Waals surface area contributed by atoms with Crippen LogP contribution >= 0.6 is 22.6 Å². The number of hydrogen-bond donors (Lipinski definition) is 1. The summed E-state index contributed by atoms with van der Waals surface area (Å²) in [5, 5.41) is -0.629. The Morgan fingerprint density at radius 3 is 1.77 bits per heavy atom. The minimum Gasteiger partial charge on any atom is -0.414 e. The third-order valence-corrected chi connectivity index (χ3v) is 49.4. The number of benzene rings is 1. The Morgan fingerprint density at radius 1 is 0.647 bits per heavy atom. The summed E-state index contributed by atoms with van der Waals surface area (Å²) in [6.45, 7) is 69.8. The maximum Gasteiger partial charge on any atom is 0.193 e. The van der Waals surface area contributed by atoms with Crippen LogP contribution in [0.2, 0.25) is 90.7 Å². The van der Waals surface area contributed by atoms with Crippen molar-refractivity contribution in [1.29, 1.82) is 0 Å². The number of Topliss-reactive ketones (excluding diaryl/α,β-unsaturated/α-hetero) is 1. The van der Waals surface area contributed by atoms with E-state index in [1.165, 1.54) is 0 Å². The largest absolute Gasteiger partial charge is 0.414 e. The van der Waals surface area contributed by atoms with Crippen molar-refractivity contribution in [2.24, 2.45) is 5.92 Å². The Morgan fingerprint density at radius 2 is 1.22 bits per heavy atom. The molecule has 5 unspecified atom stereocenters. The lowest BCUT2D eigenvalue weighted by atomic mass is 9.76. The van der Waals surface area contributed by atoms with E-state index in [1.807, 2.05) is 10.1 Å². The predicted molar refractivity (Wildman–Crippen MR) is 434 cm³/mol. The lowest BCUT2D eigenvalue weighted by Crippen LogP contribution is -2.69. The van der Waals surface area contributed by atoms with Crippen molar-refractivity contribution in [2.75, 3.05) is 26.9 Å². The van der Waals surface area contributed by atoms with Crippen LogP contribution in [0.1, 0.15) is 205 Å². The van der Waals surface area contributed by atoms with Gasteiger partial charge < -0.3 is 60.0 Å². The van der Waals surface area contributed by atoms with Crippen molar-refractivity contribution in [2.45, 2.75) is 394 Å². The van der Waals surface area contributed by atoms with Gasteiger partial charge >= 0.3 is 0 Å². The van der Waals surface area contributed by atoms with E-state index in [1.54, 1.807) is 19.2 Å². The Labute approximate surface area is 639 Å². The average molecular weight is 1650 g/mol. The van der Waals surface area contributed by atoms with Crippen LogP contribution in [0.15, 0.2) is 57.6 Å². The van der Waals surface area contributed by atoms with Crippen LogP contribution < -0.4 is 0 Å². The van der Waals surface area contributed by atoms with E-state index in [9.17, 15) is 8.42 Å². The zero-order valence-electron chi connectivity index (χ0n) is 68.4. The number of carbonyl (C=O) groups is 1. The SMILES string of the molecule is C=C1C[C@H](CCC2OCCO2)O[C@H]1CC[C@H]1CCC(=C)[C@@H](C[C@@H]2O[C@H](C[C@@H](CO[Si](C)(C)C(C)(C)C)O[Si](C)(C)C(C)(C)C)[C@@H](OC)[C@H]2CC(=O)C(c2cc([SH](=O)=O)ccc2CC)[C@H]2CC[C@@H]3O[C@H](C(/C=C/I)O[Si](C)(C)C(C)(C)C)C(O[Si](C)(C)C(C)(C)C)C(O[Si](C)(C)C(C)(C)C)C3O2)O1. The number of rotatable bonds is 31. The van der Waals surface area contributed by atoms with E-state index in [0.29, 0.717) is 57.5 Å². The van der Waals surface area contributed by atoms with Gasteiger partial charge in [-0.25, -0.2) is 8.42 Å². The van der Waals surface area contributed by atoms with Crippen molar-refractivity contribution in [3.8, 4) is 0 Å². The molecule has 0 N–H and O–H groups in total. The molecule has 6 fully saturated rings. The summed E-state index contributed by atoms with van der Waals surface area (Å²) >= 11 is 2.30. The van der Waals surface area contributed by atoms with Crippen LogP contribution in [0.5, 0.6) is 0 Å². The highest BCUT2D eigenvalue weighted by atomic mass is 127. The molecule has 6 aliphatic heterocycles. The normalized spacial score (nSPS) is 29.9. The van der Waals surface area contributed by atoms with Crippen molar-refractivity contribution in [1.82, 2.24) is 0 Å². The smallest absolute Gasteiger partial charge is 0.193 e. The second kappa shape index (κ2) is 35.0. The number of carbonyl (C=O) groups excluding carboxylic acids is 1. The van der Waals surface area contributed by atoms with Gasteiger partial charge in [-0.3, -0.25) is 4.79 Å². The summed E-state index contributed by atoms with van der Waals surface area (Å²) in [6, 6.07) is 5.28. The topological polar surface area (TPSA) is 171 Å². The first-order valence-electron chi connectivity index (χ1n) is 38.7. The van der Waals surface area contributed by atoms with Gasteiger partial charge in [0.15, 0.2) is 58.6 Å². The van der Waals surface area contributed by atoms with Crippen molar-refractivity contribution < 1.29 is 73.2 Å². The van der Waals surface area contributed by atoms with Crippen molar-refractivity contribution in [3.05, 3.63) is 63.8 Å². The number of methoxy groups -OCH3 is 1. The monoisotopic (exact) mass is 1640 g/mol. The van der Waals surface area contributed by atoms with E-state index in [-0.39, 0.29) is 79.1 Å². The number of halogens is 1. The Bertz CT molecular complexity index is 3050. The zero-order valence-corrected chi connectivity index (χ0v) is 76.4. The van der Waals surface area contributed by atoms with Crippen LogP contribution in [-0.2, 0) is 81.9 Å². The lowest BCUT2D eigenvalue weighted by molar-refractivity contribution is -0.268. The van der Waals surface area contributed by atoms with Crippen molar-refractivity contribution >= 4 is 80.7 Å². The highest BCUT2D eigenvalue weighted by Gasteiger charge is 2.60. The van der Waals surface area contributed by atoms with E-state index in [0.717, 1.165) is 61.7 Å². The van der Waals surface area contributed by atoms with Gasteiger partial charge in [-0.2, -0.15) is 0 Å². The number of aryl methyl sites for hydroxylation is 1. The maximum atomic E-state index is 16.9. The molecule has 6 saturated heterocycles. The Balaban J connectivity index is 1.32. The summed E-state index contributed by atoms with van der Waals surface area (Å²) in [7, 11) is -13.7. The predicted octanol–water partition coefficient (Wildman–Crippen LogP) is 19.0. The molecule has 0 aromatic heterocycles. The molecule has 23 heteroatoms. The number of ether oxygens (including phenoxy) is 8.